The molecule has 1 aliphatic heterocycles. The lowest BCUT2D eigenvalue weighted by atomic mass is 10.1. The smallest absolute Gasteiger partial charge is 0.191 e. The van der Waals surface area contributed by atoms with Crippen molar-refractivity contribution < 1.29 is 9.47 Å². The van der Waals surface area contributed by atoms with E-state index in [0.29, 0.717) is 6.04 Å². The number of rotatable bonds is 7. The van der Waals surface area contributed by atoms with Gasteiger partial charge in [0, 0.05) is 56.6 Å². The molecule has 1 heterocycles. The lowest BCUT2D eigenvalue weighted by Gasteiger charge is -2.21. The minimum absolute atomic E-state index is 0. The fourth-order valence-corrected chi connectivity index (χ4v) is 3.45. The van der Waals surface area contributed by atoms with Gasteiger partial charge in [-0.25, -0.2) is 0 Å². The first kappa shape index (κ1) is 23.1. The van der Waals surface area contributed by atoms with E-state index in [2.05, 4.69) is 56.9 Å². The predicted molar refractivity (Wildman–Crippen MR) is 130 cm³/mol. The van der Waals surface area contributed by atoms with Crippen LogP contribution in [0.5, 0.6) is 11.5 Å². The SMILES string of the molecule is CN=C(NCCc1ccccc1)NC1CCN(c2cc(OC)cc(OC)c2)C1.I. The number of nitrogens with zero attached hydrogens (tertiary/aromatic N) is 2. The van der Waals surface area contributed by atoms with Gasteiger partial charge in [-0.15, -0.1) is 24.0 Å². The minimum Gasteiger partial charge on any atom is -0.497 e. The van der Waals surface area contributed by atoms with Crippen molar-refractivity contribution in [3.8, 4) is 11.5 Å². The second-order valence-corrected chi connectivity index (χ2v) is 6.88. The van der Waals surface area contributed by atoms with Gasteiger partial charge in [-0.1, -0.05) is 30.3 Å². The van der Waals surface area contributed by atoms with Crippen molar-refractivity contribution in [1.82, 2.24) is 10.6 Å². The van der Waals surface area contributed by atoms with Crippen molar-refractivity contribution >= 4 is 35.6 Å². The second kappa shape index (κ2) is 11.7. The third-order valence-electron chi connectivity index (χ3n) is 5.00. The molecule has 6 nitrogen and oxygen atoms in total. The summed E-state index contributed by atoms with van der Waals surface area (Å²) in [5, 5.41) is 6.96. The van der Waals surface area contributed by atoms with Gasteiger partial charge in [0.15, 0.2) is 5.96 Å². The van der Waals surface area contributed by atoms with Crippen LogP contribution in [0.15, 0.2) is 53.5 Å². The van der Waals surface area contributed by atoms with Gasteiger partial charge in [-0.2, -0.15) is 0 Å². The van der Waals surface area contributed by atoms with Crippen molar-refractivity contribution in [1.29, 1.82) is 0 Å². The lowest BCUT2D eigenvalue weighted by molar-refractivity contribution is 0.394. The first-order valence-corrected chi connectivity index (χ1v) is 9.71. The maximum atomic E-state index is 5.40. The molecule has 0 bridgehead atoms. The summed E-state index contributed by atoms with van der Waals surface area (Å²) in [6.45, 7) is 2.75. The molecule has 1 fully saturated rings. The van der Waals surface area contributed by atoms with Crippen LogP contribution < -0.4 is 25.0 Å². The molecule has 0 saturated carbocycles. The fourth-order valence-electron chi connectivity index (χ4n) is 3.45. The average Bonchev–Trinajstić information content (AvgIpc) is 3.22. The summed E-state index contributed by atoms with van der Waals surface area (Å²) in [4.78, 5) is 6.72. The van der Waals surface area contributed by atoms with E-state index in [0.717, 1.165) is 55.6 Å². The van der Waals surface area contributed by atoms with Crippen LogP contribution in [0.2, 0.25) is 0 Å². The number of hydrogen-bond donors (Lipinski definition) is 2. The summed E-state index contributed by atoms with van der Waals surface area (Å²) in [5.41, 5.74) is 2.44. The number of nitrogens with one attached hydrogen (secondary N) is 2. The molecule has 0 amide bonds. The molecule has 2 aromatic carbocycles. The molecule has 1 saturated heterocycles. The molecule has 1 atom stereocenters. The topological polar surface area (TPSA) is 58.1 Å². The maximum Gasteiger partial charge on any atom is 0.191 e. The molecule has 3 rings (SSSR count). The second-order valence-electron chi connectivity index (χ2n) is 6.88. The Labute approximate surface area is 190 Å². The van der Waals surface area contributed by atoms with E-state index in [1.807, 2.05) is 19.2 Å². The standard InChI is InChI=1S/C22H30N4O2.HI/c1-23-22(24-11-9-17-7-5-4-6-8-17)25-18-10-12-26(16-18)19-13-20(27-2)15-21(14-19)28-3;/h4-8,13-15,18H,9-12,16H2,1-3H3,(H2,23,24,25);1H. The van der Waals surface area contributed by atoms with Crippen LogP contribution in [-0.2, 0) is 6.42 Å². The summed E-state index contributed by atoms with van der Waals surface area (Å²) in [7, 11) is 5.17. The quantitative estimate of drug-likeness (QED) is 0.340. The van der Waals surface area contributed by atoms with Gasteiger partial charge in [0.05, 0.1) is 14.2 Å². The van der Waals surface area contributed by atoms with Gasteiger partial charge in [0.25, 0.3) is 0 Å². The van der Waals surface area contributed by atoms with Crippen molar-refractivity contribution in [2.75, 3.05) is 45.8 Å². The number of ether oxygens (including phenoxy) is 2. The minimum atomic E-state index is 0. The van der Waals surface area contributed by atoms with Gasteiger partial charge in [-0.05, 0) is 18.4 Å². The first-order valence-electron chi connectivity index (χ1n) is 9.71. The molecule has 29 heavy (non-hydrogen) atoms. The van der Waals surface area contributed by atoms with E-state index in [-0.39, 0.29) is 24.0 Å². The van der Waals surface area contributed by atoms with Crippen LogP contribution in [0, 0.1) is 0 Å². The highest BCUT2D eigenvalue weighted by Crippen LogP contribution is 2.30. The summed E-state index contributed by atoms with van der Waals surface area (Å²) in [6, 6.07) is 16.8. The van der Waals surface area contributed by atoms with Gasteiger partial charge in [0.2, 0.25) is 0 Å². The highest BCUT2D eigenvalue weighted by molar-refractivity contribution is 14.0. The molecule has 0 spiro atoms. The normalized spacial score (nSPS) is 16.2. The molecular weight excluding hydrogens is 479 g/mol. The molecule has 2 aromatic rings. The summed E-state index contributed by atoms with van der Waals surface area (Å²) < 4.78 is 10.8. The van der Waals surface area contributed by atoms with E-state index in [1.165, 1.54) is 5.56 Å². The number of benzene rings is 2. The van der Waals surface area contributed by atoms with E-state index < -0.39 is 0 Å². The van der Waals surface area contributed by atoms with Crippen LogP contribution in [-0.4, -0.2) is 52.9 Å². The van der Waals surface area contributed by atoms with Crippen molar-refractivity contribution in [2.24, 2.45) is 4.99 Å². The number of guanidine groups is 1. The number of methoxy groups -OCH3 is 2. The summed E-state index contributed by atoms with van der Waals surface area (Å²) >= 11 is 0. The Morgan fingerprint density at radius 1 is 1.10 bits per heavy atom. The zero-order valence-electron chi connectivity index (χ0n) is 17.4. The molecular formula is C22H31IN4O2. The molecule has 1 unspecified atom stereocenters. The number of halogens is 1. The third kappa shape index (κ3) is 6.69. The van der Waals surface area contributed by atoms with Crippen molar-refractivity contribution in [3.63, 3.8) is 0 Å². The van der Waals surface area contributed by atoms with Crippen LogP contribution in [0.4, 0.5) is 5.69 Å². The highest BCUT2D eigenvalue weighted by atomic mass is 127. The molecule has 1 aliphatic rings. The molecule has 7 heteroatoms. The number of aliphatic imine (C=N–C) groups is 1. The number of hydrogen-bond acceptors (Lipinski definition) is 4. The zero-order chi connectivity index (χ0) is 19.8. The van der Waals surface area contributed by atoms with Gasteiger partial charge < -0.3 is 25.0 Å². The van der Waals surface area contributed by atoms with Crippen LogP contribution >= 0.6 is 24.0 Å². The third-order valence-corrected chi connectivity index (χ3v) is 5.00. The highest BCUT2D eigenvalue weighted by Gasteiger charge is 2.24. The maximum absolute atomic E-state index is 5.40. The van der Waals surface area contributed by atoms with E-state index in [1.54, 1.807) is 14.2 Å². The van der Waals surface area contributed by atoms with Gasteiger partial charge in [-0.3, -0.25) is 4.99 Å². The van der Waals surface area contributed by atoms with Crippen LogP contribution in [0.1, 0.15) is 12.0 Å². The Morgan fingerprint density at radius 2 is 1.79 bits per heavy atom. The Kier molecular flexibility index (Phi) is 9.37. The van der Waals surface area contributed by atoms with Crippen molar-refractivity contribution in [2.45, 2.75) is 18.9 Å². The predicted octanol–water partition coefficient (Wildman–Crippen LogP) is 3.31. The summed E-state index contributed by atoms with van der Waals surface area (Å²) in [5.74, 6) is 2.47. The van der Waals surface area contributed by atoms with E-state index >= 15 is 0 Å². The monoisotopic (exact) mass is 510 g/mol. The van der Waals surface area contributed by atoms with Gasteiger partial charge in [0.1, 0.15) is 11.5 Å². The lowest BCUT2D eigenvalue weighted by Crippen LogP contribution is -2.45. The van der Waals surface area contributed by atoms with E-state index in [9.17, 15) is 0 Å². The Hall–Kier alpha value is -2.16. The van der Waals surface area contributed by atoms with Crippen molar-refractivity contribution in [3.05, 3.63) is 54.1 Å². The van der Waals surface area contributed by atoms with Gasteiger partial charge >= 0.3 is 0 Å². The zero-order valence-corrected chi connectivity index (χ0v) is 19.7. The molecule has 0 radical (unpaired) electrons. The molecule has 0 aromatic heterocycles. The molecule has 158 valence electrons. The Balaban J connectivity index is 0.00000300. The number of anilines is 1. The molecule has 0 aliphatic carbocycles. The Morgan fingerprint density at radius 3 is 2.41 bits per heavy atom. The fraction of sp³-hybridized carbons (Fsp3) is 0.409. The molecule has 2 N–H and O–H groups in total. The average molecular weight is 510 g/mol. The largest absolute Gasteiger partial charge is 0.497 e. The van der Waals surface area contributed by atoms with Crippen LogP contribution in [0.3, 0.4) is 0 Å². The summed E-state index contributed by atoms with van der Waals surface area (Å²) in [6.07, 6.45) is 2.03. The first-order chi connectivity index (χ1) is 13.7. The van der Waals surface area contributed by atoms with E-state index in [4.69, 9.17) is 9.47 Å². The van der Waals surface area contributed by atoms with Crippen LogP contribution in [0.25, 0.3) is 0 Å². The Bertz CT molecular complexity index is 763.